The second-order valence-electron chi connectivity index (χ2n) is 3.76. The Bertz CT molecular complexity index is 251. The lowest BCUT2D eigenvalue weighted by Gasteiger charge is -2.24. The summed E-state index contributed by atoms with van der Waals surface area (Å²) in [4.78, 5) is 12.8. The predicted octanol–water partition coefficient (Wildman–Crippen LogP) is 1.25. The molecule has 0 radical (unpaired) electrons. The maximum absolute atomic E-state index is 13.2. The van der Waals surface area contributed by atoms with Gasteiger partial charge >= 0.3 is 0 Å². The van der Waals surface area contributed by atoms with Gasteiger partial charge in [-0.2, -0.15) is 5.26 Å². The Balaban J connectivity index is 2.73. The molecule has 0 saturated carbocycles. The van der Waals surface area contributed by atoms with E-state index in [2.05, 4.69) is 0 Å². The van der Waals surface area contributed by atoms with Gasteiger partial charge in [0.2, 0.25) is 0 Å². The number of hydrogen-bond donors (Lipinski definition) is 0. The third-order valence-corrected chi connectivity index (χ3v) is 2.17. The highest BCUT2D eigenvalue weighted by Gasteiger charge is 2.37. The molecule has 4 heteroatoms. The van der Waals surface area contributed by atoms with Gasteiger partial charge in [-0.3, -0.25) is 4.79 Å². The van der Waals surface area contributed by atoms with Crippen LogP contribution in [0.4, 0.5) is 4.39 Å². The zero-order valence-electron chi connectivity index (χ0n) is 7.88. The second-order valence-corrected chi connectivity index (χ2v) is 3.76. The van der Waals surface area contributed by atoms with Crippen LogP contribution < -0.4 is 0 Å². The fraction of sp³-hybridized carbons (Fsp3) is 0.778. The van der Waals surface area contributed by atoms with E-state index in [0.29, 0.717) is 13.0 Å². The number of alkyl halides is 1. The van der Waals surface area contributed by atoms with E-state index in [0.717, 1.165) is 6.42 Å². The van der Waals surface area contributed by atoms with Gasteiger partial charge in [-0.25, -0.2) is 4.39 Å². The van der Waals surface area contributed by atoms with E-state index in [9.17, 15) is 9.18 Å². The number of carbonyl (C=O) groups excluding carboxylic acids is 1. The number of rotatable bonds is 1. The van der Waals surface area contributed by atoms with Crippen LogP contribution in [0.15, 0.2) is 0 Å². The van der Waals surface area contributed by atoms with Crippen LogP contribution in [0.2, 0.25) is 0 Å². The van der Waals surface area contributed by atoms with E-state index in [4.69, 9.17) is 5.26 Å². The van der Waals surface area contributed by atoms with Crippen LogP contribution in [-0.4, -0.2) is 29.1 Å². The zero-order chi connectivity index (χ0) is 10.1. The van der Waals surface area contributed by atoms with E-state index >= 15 is 0 Å². The minimum atomic E-state index is -1.86. The summed E-state index contributed by atoms with van der Waals surface area (Å²) in [5.41, 5.74) is -1.86. The van der Waals surface area contributed by atoms with Gasteiger partial charge in [0.1, 0.15) is 6.04 Å². The molecule has 0 N–H and O–H groups in total. The molecular weight excluding hydrogens is 171 g/mol. The Morgan fingerprint density at radius 2 is 2.31 bits per heavy atom. The van der Waals surface area contributed by atoms with E-state index in [1.54, 1.807) is 0 Å². The van der Waals surface area contributed by atoms with Crippen molar-refractivity contribution in [2.75, 3.05) is 6.54 Å². The summed E-state index contributed by atoms with van der Waals surface area (Å²) >= 11 is 0. The molecule has 0 spiro atoms. The summed E-state index contributed by atoms with van der Waals surface area (Å²) in [6.45, 7) is 2.95. The van der Waals surface area contributed by atoms with E-state index < -0.39 is 17.6 Å². The first-order chi connectivity index (χ1) is 5.96. The highest BCUT2D eigenvalue weighted by atomic mass is 19.1. The summed E-state index contributed by atoms with van der Waals surface area (Å²) in [5, 5.41) is 8.68. The Morgan fingerprint density at radius 3 is 2.77 bits per heavy atom. The first-order valence-corrected chi connectivity index (χ1v) is 4.36. The van der Waals surface area contributed by atoms with Crippen LogP contribution in [0.3, 0.4) is 0 Å². The van der Waals surface area contributed by atoms with Crippen molar-refractivity contribution in [3.8, 4) is 6.07 Å². The van der Waals surface area contributed by atoms with E-state index in [1.165, 1.54) is 18.7 Å². The molecule has 0 aromatic rings. The molecular formula is C9H13FN2O. The van der Waals surface area contributed by atoms with Gasteiger partial charge in [-0.15, -0.1) is 0 Å². The highest BCUT2D eigenvalue weighted by Crippen LogP contribution is 2.22. The van der Waals surface area contributed by atoms with Crippen molar-refractivity contribution in [1.29, 1.82) is 5.26 Å². The topological polar surface area (TPSA) is 44.1 Å². The Hall–Kier alpha value is -1.11. The number of amides is 1. The molecule has 1 saturated heterocycles. The van der Waals surface area contributed by atoms with Gasteiger partial charge in [0.25, 0.3) is 5.91 Å². The highest BCUT2D eigenvalue weighted by molar-refractivity contribution is 5.85. The molecule has 1 fully saturated rings. The molecule has 1 amide bonds. The van der Waals surface area contributed by atoms with Crippen molar-refractivity contribution < 1.29 is 9.18 Å². The van der Waals surface area contributed by atoms with Crippen molar-refractivity contribution >= 4 is 5.91 Å². The fourth-order valence-electron chi connectivity index (χ4n) is 1.49. The molecule has 1 unspecified atom stereocenters. The van der Waals surface area contributed by atoms with Crippen molar-refractivity contribution in [1.82, 2.24) is 4.90 Å². The summed E-state index contributed by atoms with van der Waals surface area (Å²) in [5.74, 6) is -0.573. The Morgan fingerprint density at radius 1 is 1.69 bits per heavy atom. The standard InChI is InChI=1S/C9H13FN2O/c1-9(2,10)8(13)12-5-3-4-7(12)6-11/h7H,3-5H2,1-2H3. The van der Waals surface area contributed by atoms with Gasteiger partial charge < -0.3 is 4.90 Å². The van der Waals surface area contributed by atoms with Crippen molar-refractivity contribution in [3.63, 3.8) is 0 Å². The third-order valence-electron chi connectivity index (χ3n) is 2.17. The monoisotopic (exact) mass is 184 g/mol. The average Bonchev–Trinajstić information content (AvgIpc) is 2.48. The summed E-state index contributed by atoms with van der Waals surface area (Å²) in [6.07, 6.45) is 1.46. The summed E-state index contributed by atoms with van der Waals surface area (Å²) < 4.78 is 13.2. The molecule has 0 aliphatic carbocycles. The molecule has 1 heterocycles. The van der Waals surface area contributed by atoms with Crippen molar-refractivity contribution in [2.24, 2.45) is 0 Å². The minimum absolute atomic E-state index is 0.428. The normalized spacial score (nSPS) is 22.9. The molecule has 0 bridgehead atoms. The van der Waals surface area contributed by atoms with Crippen LogP contribution in [0.25, 0.3) is 0 Å². The summed E-state index contributed by atoms with van der Waals surface area (Å²) in [7, 11) is 0. The maximum Gasteiger partial charge on any atom is 0.260 e. The zero-order valence-corrected chi connectivity index (χ0v) is 7.88. The quantitative estimate of drug-likeness (QED) is 0.615. The average molecular weight is 184 g/mol. The van der Waals surface area contributed by atoms with Gasteiger partial charge in [-0.1, -0.05) is 0 Å². The second kappa shape index (κ2) is 3.33. The molecule has 0 aromatic heterocycles. The molecule has 1 rings (SSSR count). The summed E-state index contributed by atoms with van der Waals surface area (Å²) in [6, 6.07) is 1.58. The Labute approximate surface area is 77.1 Å². The number of nitriles is 1. The van der Waals surface area contributed by atoms with E-state index in [-0.39, 0.29) is 0 Å². The minimum Gasteiger partial charge on any atom is -0.324 e. The number of halogens is 1. The van der Waals surface area contributed by atoms with Crippen LogP contribution in [0.1, 0.15) is 26.7 Å². The lowest BCUT2D eigenvalue weighted by atomic mass is 10.1. The van der Waals surface area contributed by atoms with Gasteiger partial charge in [-0.05, 0) is 26.7 Å². The maximum atomic E-state index is 13.2. The molecule has 3 nitrogen and oxygen atoms in total. The largest absolute Gasteiger partial charge is 0.324 e. The van der Waals surface area contributed by atoms with Gasteiger partial charge in [0.15, 0.2) is 5.67 Å². The predicted molar refractivity (Wildman–Crippen MR) is 45.5 cm³/mol. The number of hydrogen-bond acceptors (Lipinski definition) is 2. The lowest BCUT2D eigenvalue weighted by Crippen LogP contribution is -2.44. The lowest BCUT2D eigenvalue weighted by molar-refractivity contribution is -0.141. The first-order valence-electron chi connectivity index (χ1n) is 4.36. The molecule has 1 aliphatic rings. The number of carbonyl (C=O) groups is 1. The number of nitrogens with zero attached hydrogens (tertiary/aromatic N) is 2. The van der Waals surface area contributed by atoms with Crippen LogP contribution >= 0.6 is 0 Å². The van der Waals surface area contributed by atoms with Gasteiger partial charge in [0.05, 0.1) is 6.07 Å². The Kier molecular flexibility index (Phi) is 2.55. The molecule has 72 valence electrons. The third kappa shape index (κ3) is 1.97. The molecule has 1 atom stereocenters. The van der Waals surface area contributed by atoms with Crippen LogP contribution in [-0.2, 0) is 4.79 Å². The van der Waals surface area contributed by atoms with Gasteiger partial charge in [0, 0.05) is 6.54 Å². The molecule has 0 aromatic carbocycles. The SMILES string of the molecule is CC(C)(F)C(=O)N1CCCC1C#N. The van der Waals surface area contributed by atoms with Crippen molar-refractivity contribution in [2.45, 2.75) is 38.4 Å². The number of likely N-dealkylation sites (tertiary alicyclic amines) is 1. The van der Waals surface area contributed by atoms with Crippen molar-refractivity contribution in [3.05, 3.63) is 0 Å². The molecule has 13 heavy (non-hydrogen) atoms. The smallest absolute Gasteiger partial charge is 0.260 e. The fourth-order valence-corrected chi connectivity index (χ4v) is 1.49. The van der Waals surface area contributed by atoms with Crippen LogP contribution in [0.5, 0.6) is 0 Å². The van der Waals surface area contributed by atoms with E-state index in [1.807, 2.05) is 6.07 Å². The molecule has 1 aliphatic heterocycles. The first kappa shape index (κ1) is 9.97. The van der Waals surface area contributed by atoms with Crippen LogP contribution in [0, 0.1) is 11.3 Å².